The van der Waals surface area contributed by atoms with E-state index in [1.807, 2.05) is 0 Å². The third kappa shape index (κ3) is 6.48. The second-order valence-electron chi connectivity index (χ2n) is 4.61. The highest BCUT2D eigenvalue weighted by atomic mass is 31.2. The number of halogens is 1. The summed E-state index contributed by atoms with van der Waals surface area (Å²) < 4.78 is 58.3. The van der Waals surface area contributed by atoms with Gasteiger partial charge in [-0.05, 0) is 0 Å². The van der Waals surface area contributed by atoms with Crippen LogP contribution in [0, 0.1) is 0 Å². The van der Waals surface area contributed by atoms with Gasteiger partial charge in [-0.15, -0.1) is 0 Å². The van der Waals surface area contributed by atoms with Crippen LogP contribution in [0.1, 0.15) is 0 Å². The Morgan fingerprint density at radius 3 is 1.25 bits per heavy atom. The summed E-state index contributed by atoms with van der Waals surface area (Å²) in [4.78, 5) is 52.1. The molecular formula is C6H14FO14P3. The Balaban J connectivity index is 3.23. The fourth-order valence-electron chi connectivity index (χ4n) is 1.98. The Hall–Kier alpha value is 0.180. The maximum absolute atomic E-state index is 14.0. The molecule has 8 N–H and O–H groups in total. The van der Waals surface area contributed by atoms with Crippen molar-refractivity contribution >= 4 is 23.5 Å². The fraction of sp³-hybridized carbons (Fsp3) is 1.00. The molecule has 0 aromatic carbocycles. The molecule has 144 valence electrons. The first-order valence-electron chi connectivity index (χ1n) is 5.74. The molecule has 0 amide bonds. The first-order chi connectivity index (χ1) is 10.5. The zero-order chi connectivity index (χ0) is 19.1. The highest BCUT2D eigenvalue weighted by molar-refractivity contribution is 7.46. The topological polar surface area (TPSA) is 241 Å². The summed E-state index contributed by atoms with van der Waals surface area (Å²) in [5, 5.41) is 19.4. The molecule has 1 aliphatic rings. The number of aliphatic hydroxyl groups is 2. The van der Waals surface area contributed by atoms with Gasteiger partial charge in [-0.25, -0.2) is 18.1 Å². The standard InChI is InChI=1S/C6H14FO14P3/c7-1-2(8)5(20-23(13,14)15)6(21-24(16,17)18)3(9)4(1)19-22(10,11)12/h1-6,8-9H,(H2,10,11,12)(H2,13,14,15)(H2,16,17,18)/t1-,2-,3-,4+,5+,6+/m1/s1. The van der Waals surface area contributed by atoms with Crippen molar-refractivity contribution in [2.24, 2.45) is 0 Å². The number of rotatable bonds is 6. The third-order valence-corrected chi connectivity index (χ3v) is 4.30. The lowest BCUT2D eigenvalue weighted by atomic mass is 9.86. The lowest BCUT2D eigenvalue weighted by molar-refractivity contribution is -0.195. The summed E-state index contributed by atoms with van der Waals surface area (Å²) in [6.45, 7) is 0. The van der Waals surface area contributed by atoms with Gasteiger partial charge in [0.1, 0.15) is 30.5 Å². The van der Waals surface area contributed by atoms with Crippen molar-refractivity contribution in [3.8, 4) is 0 Å². The minimum absolute atomic E-state index is 2.50. The van der Waals surface area contributed by atoms with Gasteiger partial charge in [0.15, 0.2) is 6.17 Å². The van der Waals surface area contributed by atoms with Crippen molar-refractivity contribution in [2.75, 3.05) is 0 Å². The van der Waals surface area contributed by atoms with Gasteiger partial charge in [0, 0.05) is 0 Å². The van der Waals surface area contributed by atoms with E-state index < -0.39 is 60.2 Å². The smallest absolute Gasteiger partial charge is 0.387 e. The number of hydrogen-bond acceptors (Lipinski definition) is 8. The molecule has 1 rings (SSSR count). The molecular weight excluding hydrogens is 408 g/mol. The summed E-state index contributed by atoms with van der Waals surface area (Å²) in [6, 6.07) is 0. The van der Waals surface area contributed by atoms with Crippen molar-refractivity contribution in [3.63, 3.8) is 0 Å². The van der Waals surface area contributed by atoms with E-state index in [2.05, 4.69) is 13.6 Å². The molecule has 0 heterocycles. The van der Waals surface area contributed by atoms with Gasteiger partial charge < -0.3 is 39.6 Å². The molecule has 0 aromatic heterocycles. The van der Waals surface area contributed by atoms with E-state index in [0.717, 1.165) is 0 Å². The molecule has 24 heavy (non-hydrogen) atoms. The van der Waals surface area contributed by atoms with E-state index >= 15 is 0 Å². The fourth-order valence-corrected chi connectivity index (χ4v) is 3.66. The monoisotopic (exact) mass is 422 g/mol. The SMILES string of the molecule is O=P(O)(O)O[C@@H]1[C@@H](O)[C@H](OP(=O)(O)O)[C@@H](OP(=O)(O)O)[C@H](O)[C@H]1F. The second-order valence-corrected chi connectivity index (χ2v) is 8.18. The van der Waals surface area contributed by atoms with Crippen LogP contribution in [0.2, 0.25) is 0 Å². The van der Waals surface area contributed by atoms with Crippen LogP contribution in [-0.4, -0.2) is 76.3 Å². The molecule has 0 aromatic rings. The summed E-state index contributed by atoms with van der Waals surface area (Å²) in [7, 11) is -16.4. The van der Waals surface area contributed by atoms with Crippen LogP contribution in [0.4, 0.5) is 4.39 Å². The van der Waals surface area contributed by atoms with Crippen molar-refractivity contribution < 1.29 is 71.2 Å². The Labute approximate surface area is 132 Å². The van der Waals surface area contributed by atoms with E-state index in [4.69, 9.17) is 29.4 Å². The molecule has 0 spiro atoms. The molecule has 1 aliphatic carbocycles. The van der Waals surface area contributed by atoms with Gasteiger partial charge in [-0.1, -0.05) is 0 Å². The molecule has 14 nitrogen and oxygen atoms in total. The van der Waals surface area contributed by atoms with E-state index in [-0.39, 0.29) is 0 Å². The van der Waals surface area contributed by atoms with Gasteiger partial charge in [-0.2, -0.15) is 0 Å². The minimum atomic E-state index is -5.47. The quantitative estimate of drug-likeness (QED) is 0.206. The van der Waals surface area contributed by atoms with E-state index in [9.17, 15) is 28.3 Å². The first kappa shape index (κ1) is 22.2. The number of aliphatic hydroxyl groups excluding tert-OH is 2. The zero-order valence-corrected chi connectivity index (χ0v) is 13.9. The van der Waals surface area contributed by atoms with Crippen LogP contribution < -0.4 is 0 Å². The maximum atomic E-state index is 14.0. The van der Waals surface area contributed by atoms with Crippen LogP contribution >= 0.6 is 23.5 Å². The Bertz CT molecular complexity index is 579. The molecule has 1 fully saturated rings. The highest BCUT2D eigenvalue weighted by Gasteiger charge is 2.57. The molecule has 6 atom stereocenters. The van der Waals surface area contributed by atoms with E-state index in [1.165, 1.54) is 0 Å². The number of alkyl halides is 1. The first-order valence-corrected chi connectivity index (χ1v) is 10.3. The lowest BCUT2D eigenvalue weighted by Gasteiger charge is -2.43. The normalized spacial score (nSPS) is 35.9. The van der Waals surface area contributed by atoms with Crippen molar-refractivity contribution in [2.45, 2.75) is 36.7 Å². The summed E-state index contributed by atoms with van der Waals surface area (Å²) in [6.07, 6.45) is -15.6. The van der Waals surface area contributed by atoms with Crippen LogP contribution in [-0.2, 0) is 27.3 Å². The van der Waals surface area contributed by atoms with E-state index in [1.54, 1.807) is 0 Å². The average molecular weight is 422 g/mol. The molecule has 0 unspecified atom stereocenters. The maximum Gasteiger partial charge on any atom is 0.470 e. The van der Waals surface area contributed by atoms with Crippen LogP contribution in [0.25, 0.3) is 0 Å². The Morgan fingerprint density at radius 2 is 0.917 bits per heavy atom. The second kappa shape index (κ2) is 7.43. The predicted molar refractivity (Wildman–Crippen MR) is 67.7 cm³/mol. The summed E-state index contributed by atoms with van der Waals surface area (Å²) in [5.41, 5.74) is 0. The molecule has 0 aliphatic heterocycles. The summed E-state index contributed by atoms with van der Waals surface area (Å²) in [5.74, 6) is 0. The van der Waals surface area contributed by atoms with Gasteiger partial charge in [-0.3, -0.25) is 13.6 Å². The van der Waals surface area contributed by atoms with Gasteiger partial charge in [0.25, 0.3) is 0 Å². The Kier molecular flexibility index (Phi) is 6.88. The van der Waals surface area contributed by atoms with E-state index in [0.29, 0.717) is 0 Å². The average Bonchev–Trinajstić information content (AvgIpc) is 2.32. The largest absolute Gasteiger partial charge is 0.470 e. The zero-order valence-electron chi connectivity index (χ0n) is 11.2. The Morgan fingerprint density at radius 1 is 0.625 bits per heavy atom. The predicted octanol–water partition coefficient (Wildman–Crippen LogP) is -2.51. The number of phosphoric acid groups is 3. The van der Waals surface area contributed by atoms with Gasteiger partial charge in [0.2, 0.25) is 0 Å². The third-order valence-electron chi connectivity index (χ3n) is 2.75. The van der Waals surface area contributed by atoms with Crippen LogP contribution in [0.15, 0.2) is 0 Å². The minimum Gasteiger partial charge on any atom is -0.387 e. The molecule has 0 bridgehead atoms. The highest BCUT2D eigenvalue weighted by Crippen LogP contribution is 2.49. The van der Waals surface area contributed by atoms with Crippen molar-refractivity contribution in [1.29, 1.82) is 0 Å². The van der Waals surface area contributed by atoms with Gasteiger partial charge in [0.05, 0.1) is 0 Å². The van der Waals surface area contributed by atoms with Crippen molar-refractivity contribution in [3.05, 3.63) is 0 Å². The van der Waals surface area contributed by atoms with Crippen LogP contribution in [0.3, 0.4) is 0 Å². The lowest BCUT2D eigenvalue weighted by Crippen LogP contribution is -2.63. The molecule has 0 saturated heterocycles. The number of phosphoric ester groups is 3. The molecule has 18 heteroatoms. The molecule has 1 saturated carbocycles. The summed E-state index contributed by atoms with van der Waals surface area (Å²) >= 11 is 0. The van der Waals surface area contributed by atoms with Crippen LogP contribution in [0.5, 0.6) is 0 Å². The number of hydrogen-bond donors (Lipinski definition) is 8. The molecule has 0 radical (unpaired) electrons. The van der Waals surface area contributed by atoms with Crippen molar-refractivity contribution in [1.82, 2.24) is 0 Å². The van der Waals surface area contributed by atoms with Gasteiger partial charge >= 0.3 is 23.5 Å².